The third-order valence-corrected chi connectivity index (χ3v) is 8.46. The highest BCUT2D eigenvalue weighted by atomic mass is 35.5. The Kier molecular flexibility index (Phi) is 9.18. The predicted octanol–water partition coefficient (Wildman–Crippen LogP) is 4.98. The quantitative estimate of drug-likeness (QED) is 0.259. The van der Waals surface area contributed by atoms with Crippen LogP contribution < -0.4 is 24.4 Å². The van der Waals surface area contributed by atoms with E-state index in [4.69, 9.17) is 21.1 Å². The van der Waals surface area contributed by atoms with Crippen molar-refractivity contribution in [3.63, 3.8) is 0 Å². The first-order valence-corrected chi connectivity index (χ1v) is 15.5. The molecule has 9 nitrogen and oxygen atoms in total. The standard InChI is InChI=1S/C32H30ClN3O6S/c1-22-19-26(43(39,40)35-25-13-11-24(33)12-14-25)15-16-28(22)41-21-31(37)36-20-30(42-29-10-6-5-9-27(29)36)32(38)34-18-17-23-7-3-2-4-8-23/h2-16,19,30,35H,17-18,20-21H2,1H3,(H,34,38). The van der Waals surface area contributed by atoms with Crippen LogP contribution in [-0.4, -0.2) is 46.0 Å². The number of halogens is 1. The predicted molar refractivity (Wildman–Crippen MR) is 165 cm³/mol. The van der Waals surface area contributed by atoms with Gasteiger partial charge in [0.1, 0.15) is 11.5 Å². The molecule has 1 aliphatic rings. The molecule has 0 radical (unpaired) electrons. The first kappa shape index (κ1) is 29.9. The highest BCUT2D eigenvalue weighted by Crippen LogP contribution is 2.33. The Hall–Kier alpha value is -4.54. The van der Waals surface area contributed by atoms with Crippen LogP contribution in [0.3, 0.4) is 0 Å². The SMILES string of the molecule is Cc1cc(S(=O)(=O)Nc2ccc(Cl)cc2)ccc1OCC(=O)N1CC(C(=O)NCCc2ccccc2)Oc2ccccc21. The minimum absolute atomic E-state index is 0.0168. The van der Waals surface area contributed by atoms with Crippen molar-refractivity contribution in [1.29, 1.82) is 0 Å². The van der Waals surface area contributed by atoms with Gasteiger partial charge in [0.15, 0.2) is 12.7 Å². The van der Waals surface area contributed by atoms with Crippen LogP contribution in [0.1, 0.15) is 11.1 Å². The number of nitrogens with zero attached hydrogens (tertiary/aromatic N) is 1. The van der Waals surface area contributed by atoms with Crippen molar-refractivity contribution >= 4 is 44.8 Å². The first-order chi connectivity index (χ1) is 20.7. The van der Waals surface area contributed by atoms with Gasteiger partial charge in [0, 0.05) is 17.3 Å². The van der Waals surface area contributed by atoms with Gasteiger partial charge in [-0.15, -0.1) is 0 Å². The van der Waals surface area contributed by atoms with E-state index in [-0.39, 0.29) is 29.9 Å². The van der Waals surface area contributed by atoms with E-state index in [1.165, 1.54) is 23.1 Å². The first-order valence-electron chi connectivity index (χ1n) is 13.6. The fourth-order valence-corrected chi connectivity index (χ4v) is 5.87. The summed E-state index contributed by atoms with van der Waals surface area (Å²) in [5, 5.41) is 3.39. The lowest BCUT2D eigenvalue weighted by Crippen LogP contribution is -2.52. The number of anilines is 2. The van der Waals surface area contributed by atoms with Gasteiger partial charge in [0.2, 0.25) is 0 Å². The van der Waals surface area contributed by atoms with E-state index in [0.29, 0.717) is 46.4 Å². The maximum absolute atomic E-state index is 13.4. The summed E-state index contributed by atoms with van der Waals surface area (Å²) < 4.78 is 40.0. The molecule has 1 heterocycles. The lowest BCUT2D eigenvalue weighted by Gasteiger charge is -2.34. The van der Waals surface area contributed by atoms with Gasteiger partial charge in [-0.25, -0.2) is 8.42 Å². The fourth-order valence-electron chi connectivity index (χ4n) is 4.60. The monoisotopic (exact) mass is 619 g/mol. The van der Waals surface area contributed by atoms with Crippen molar-refractivity contribution < 1.29 is 27.5 Å². The molecule has 222 valence electrons. The fraction of sp³-hybridized carbons (Fsp3) is 0.188. The molecule has 4 aromatic rings. The number of sulfonamides is 1. The molecule has 4 aromatic carbocycles. The van der Waals surface area contributed by atoms with Crippen LogP contribution in [0.5, 0.6) is 11.5 Å². The molecule has 2 N–H and O–H groups in total. The van der Waals surface area contributed by atoms with Gasteiger partial charge >= 0.3 is 0 Å². The second kappa shape index (κ2) is 13.2. The Labute approximate surface area is 255 Å². The minimum Gasteiger partial charge on any atom is -0.483 e. The zero-order chi connectivity index (χ0) is 30.4. The topological polar surface area (TPSA) is 114 Å². The highest BCUT2D eigenvalue weighted by molar-refractivity contribution is 7.92. The number of para-hydroxylation sites is 2. The third kappa shape index (κ3) is 7.46. The van der Waals surface area contributed by atoms with Crippen LogP contribution in [0.25, 0.3) is 0 Å². The number of nitrogens with one attached hydrogen (secondary N) is 2. The number of rotatable bonds is 10. The Morgan fingerprint density at radius 3 is 2.44 bits per heavy atom. The third-order valence-electron chi connectivity index (χ3n) is 6.83. The van der Waals surface area contributed by atoms with E-state index in [1.54, 1.807) is 55.5 Å². The number of aryl methyl sites for hydroxylation is 1. The second-order valence-electron chi connectivity index (χ2n) is 9.93. The van der Waals surface area contributed by atoms with E-state index >= 15 is 0 Å². The van der Waals surface area contributed by atoms with Gasteiger partial charge in [0.05, 0.1) is 17.1 Å². The molecular weight excluding hydrogens is 590 g/mol. The summed E-state index contributed by atoms with van der Waals surface area (Å²) in [6.07, 6.45) is -0.225. The smallest absolute Gasteiger partial charge is 0.265 e. The number of ether oxygens (including phenoxy) is 2. The largest absolute Gasteiger partial charge is 0.483 e. The van der Waals surface area contributed by atoms with Gasteiger partial charge in [-0.1, -0.05) is 54.1 Å². The normalized spacial score (nSPS) is 14.3. The molecule has 43 heavy (non-hydrogen) atoms. The zero-order valence-corrected chi connectivity index (χ0v) is 24.9. The molecule has 0 spiro atoms. The molecule has 0 aromatic heterocycles. The minimum atomic E-state index is -3.86. The van der Waals surface area contributed by atoms with E-state index in [1.807, 2.05) is 30.3 Å². The van der Waals surface area contributed by atoms with Gasteiger partial charge in [0.25, 0.3) is 21.8 Å². The number of hydrogen-bond acceptors (Lipinski definition) is 6. The molecule has 2 amide bonds. The summed E-state index contributed by atoms with van der Waals surface area (Å²) >= 11 is 5.88. The molecule has 0 saturated carbocycles. The summed E-state index contributed by atoms with van der Waals surface area (Å²) in [6, 6.07) is 27.5. The number of fused-ring (bicyclic) bond motifs is 1. The zero-order valence-electron chi connectivity index (χ0n) is 23.3. The van der Waals surface area contributed by atoms with Crippen molar-refractivity contribution in [3.8, 4) is 11.5 Å². The lowest BCUT2D eigenvalue weighted by molar-refractivity contribution is -0.128. The summed E-state index contributed by atoms with van der Waals surface area (Å²) in [5.74, 6) is 0.0853. The molecular formula is C32H30ClN3O6S. The molecule has 0 bridgehead atoms. The average Bonchev–Trinajstić information content (AvgIpc) is 3.01. The van der Waals surface area contributed by atoms with Crippen molar-refractivity contribution in [3.05, 3.63) is 113 Å². The van der Waals surface area contributed by atoms with Crippen LogP contribution in [0.15, 0.2) is 102 Å². The highest BCUT2D eigenvalue weighted by Gasteiger charge is 2.34. The molecule has 5 rings (SSSR count). The van der Waals surface area contributed by atoms with Crippen molar-refractivity contribution in [2.24, 2.45) is 0 Å². The van der Waals surface area contributed by atoms with Crippen molar-refractivity contribution in [2.45, 2.75) is 24.3 Å². The lowest BCUT2D eigenvalue weighted by atomic mass is 10.1. The van der Waals surface area contributed by atoms with Crippen LogP contribution in [0.4, 0.5) is 11.4 Å². The molecule has 0 fully saturated rings. The summed E-state index contributed by atoms with van der Waals surface area (Å²) in [6.45, 7) is 1.82. The number of carbonyl (C=O) groups is 2. The Bertz CT molecular complexity index is 1720. The van der Waals surface area contributed by atoms with E-state index in [2.05, 4.69) is 10.0 Å². The van der Waals surface area contributed by atoms with E-state index in [9.17, 15) is 18.0 Å². The average molecular weight is 620 g/mol. The van der Waals surface area contributed by atoms with Gasteiger partial charge in [-0.3, -0.25) is 14.3 Å². The molecule has 0 aliphatic carbocycles. The Balaban J connectivity index is 1.22. The summed E-state index contributed by atoms with van der Waals surface area (Å²) in [7, 11) is -3.86. The maximum atomic E-state index is 13.4. The van der Waals surface area contributed by atoms with E-state index < -0.39 is 16.1 Å². The van der Waals surface area contributed by atoms with Crippen molar-refractivity contribution in [2.75, 3.05) is 29.3 Å². The number of benzene rings is 4. The number of carbonyl (C=O) groups excluding carboxylic acids is 2. The Morgan fingerprint density at radius 1 is 0.977 bits per heavy atom. The summed E-state index contributed by atoms with van der Waals surface area (Å²) in [5.41, 5.74) is 2.55. The van der Waals surface area contributed by atoms with Crippen LogP contribution in [0, 0.1) is 6.92 Å². The molecule has 0 saturated heterocycles. The van der Waals surface area contributed by atoms with Gasteiger partial charge in [-0.2, -0.15) is 0 Å². The molecule has 1 atom stereocenters. The molecule has 1 unspecified atom stereocenters. The van der Waals surface area contributed by atoms with Gasteiger partial charge in [-0.05, 0) is 79.1 Å². The number of amides is 2. The second-order valence-corrected chi connectivity index (χ2v) is 12.1. The number of hydrogen-bond donors (Lipinski definition) is 2. The van der Waals surface area contributed by atoms with Crippen LogP contribution in [-0.2, 0) is 26.0 Å². The van der Waals surface area contributed by atoms with Crippen LogP contribution >= 0.6 is 11.6 Å². The Morgan fingerprint density at radius 2 is 1.70 bits per heavy atom. The molecule has 11 heteroatoms. The summed E-state index contributed by atoms with van der Waals surface area (Å²) in [4.78, 5) is 27.9. The van der Waals surface area contributed by atoms with Crippen LogP contribution in [0.2, 0.25) is 5.02 Å². The van der Waals surface area contributed by atoms with Crippen molar-refractivity contribution in [1.82, 2.24) is 5.32 Å². The maximum Gasteiger partial charge on any atom is 0.265 e. The van der Waals surface area contributed by atoms with Gasteiger partial charge < -0.3 is 19.7 Å². The molecule has 1 aliphatic heterocycles. The van der Waals surface area contributed by atoms with E-state index in [0.717, 1.165) is 5.56 Å².